The van der Waals surface area contributed by atoms with E-state index in [-0.39, 0.29) is 32.3 Å². The maximum absolute atomic E-state index is 12.9. The number of carbonyl (C=O) groups excluding carboxylic acids is 1. The third-order valence-electron chi connectivity index (χ3n) is 4.69. The standard InChI is InChI=1S/C21H21Cl2N5O5S2/c1-13-10-11-24-21(25-13)27-35(32,33)17-7-5-16(6-8-17)26-20(29)14(2)28(34(3,30)31)19-12-15(22)4-9-18(19)23/h4-12,14H,1-3H3,(H,26,29)(H,24,25,27)/t14-/m0/s1. The molecule has 0 spiro atoms. The lowest BCUT2D eigenvalue weighted by Gasteiger charge is -2.29. The van der Waals surface area contributed by atoms with Gasteiger partial charge in [0.1, 0.15) is 6.04 Å². The van der Waals surface area contributed by atoms with Crippen molar-refractivity contribution in [2.45, 2.75) is 24.8 Å². The van der Waals surface area contributed by atoms with Crippen LogP contribution in [0.5, 0.6) is 0 Å². The fourth-order valence-corrected chi connectivity index (χ4v) is 5.63. The van der Waals surface area contributed by atoms with Crippen molar-refractivity contribution in [2.75, 3.05) is 20.6 Å². The quantitative estimate of drug-likeness (QED) is 0.430. The van der Waals surface area contributed by atoms with Gasteiger partial charge in [0.15, 0.2) is 0 Å². The van der Waals surface area contributed by atoms with Gasteiger partial charge in [-0.1, -0.05) is 23.2 Å². The molecule has 0 unspecified atom stereocenters. The molecule has 1 heterocycles. The molecule has 1 amide bonds. The number of hydrogen-bond acceptors (Lipinski definition) is 7. The van der Waals surface area contributed by atoms with Crippen LogP contribution in [0.4, 0.5) is 17.3 Å². The Labute approximate surface area is 213 Å². The molecule has 1 aromatic heterocycles. The molecule has 0 saturated carbocycles. The third kappa shape index (κ3) is 6.60. The summed E-state index contributed by atoms with van der Waals surface area (Å²) in [4.78, 5) is 20.7. The molecular weight excluding hydrogens is 537 g/mol. The van der Waals surface area contributed by atoms with Crippen molar-refractivity contribution >= 4 is 66.5 Å². The van der Waals surface area contributed by atoms with Gasteiger partial charge in [-0.2, -0.15) is 0 Å². The minimum absolute atomic E-state index is 0.0511. The van der Waals surface area contributed by atoms with Crippen LogP contribution in [0.1, 0.15) is 12.6 Å². The highest BCUT2D eigenvalue weighted by molar-refractivity contribution is 7.92. The van der Waals surface area contributed by atoms with Crippen molar-refractivity contribution in [3.8, 4) is 0 Å². The smallest absolute Gasteiger partial charge is 0.264 e. The average Bonchev–Trinajstić information content (AvgIpc) is 2.75. The van der Waals surface area contributed by atoms with Crippen LogP contribution >= 0.6 is 23.2 Å². The molecule has 3 aromatic rings. The number of amides is 1. The van der Waals surface area contributed by atoms with Crippen LogP contribution in [0.3, 0.4) is 0 Å². The number of hydrogen-bond donors (Lipinski definition) is 2. The van der Waals surface area contributed by atoms with E-state index < -0.39 is 32.0 Å². The van der Waals surface area contributed by atoms with Gasteiger partial charge in [-0.15, -0.1) is 0 Å². The predicted molar refractivity (Wildman–Crippen MR) is 136 cm³/mol. The Morgan fingerprint density at radius 3 is 2.29 bits per heavy atom. The van der Waals surface area contributed by atoms with Crippen LogP contribution in [0.15, 0.2) is 59.6 Å². The number of sulfonamides is 2. The van der Waals surface area contributed by atoms with E-state index in [0.717, 1.165) is 10.6 Å². The largest absolute Gasteiger partial charge is 0.324 e. The molecule has 0 aliphatic rings. The van der Waals surface area contributed by atoms with Crippen LogP contribution in [0.25, 0.3) is 0 Å². The number of anilines is 3. The summed E-state index contributed by atoms with van der Waals surface area (Å²) in [6.45, 7) is 3.08. The molecular formula is C21H21Cl2N5O5S2. The van der Waals surface area contributed by atoms with Gasteiger partial charge >= 0.3 is 0 Å². The Balaban J connectivity index is 1.79. The second kappa shape index (κ2) is 10.4. The molecule has 10 nitrogen and oxygen atoms in total. The summed E-state index contributed by atoms with van der Waals surface area (Å²) in [5.74, 6) is -0.745. The summed E-state index contributed by atoms with van der Waals surface area (Å²) >= 11 is 12.2. The highest BCUT2D eigenvalue weighted by Crippen LogP contribution is 2.32. The summed E-state index contributed by atoms with van der Waals surface area (Å²) in [6.07, 6.45) is 2.37. The number of aryl methyl sites for hydroxylation is 1. The maximum atomic E-state index is 12.9. The summed E-state index contributed by atoms with van der Waals surface area (Å²) in [6, 6.07) is 9.98. The molecule has 0 fully saturated rings. The van der Waals surface area contributed by atoms with Crippen LogP contribution in [0.2, 0.25) is 10.0 Å². The van der Waals surface area contributed by atoms with Gasteiger partial charge < -0.3 is 5.32 Å². The van der Waals surface area contributed by atoms with E-state index in [4.69, 9.17) is 23.2 Å². The molecule has 2 N–H and O–H groups in total. The molecule has 14 heteroatoms. The van der Waals surface area contributed by atoms with E-state index >= 15 is 0 Å². The first-order valence-corrected chi connectivity index (χ1v) is 14.0. The monoisotopic (exact) mass is 557 g/mol. The van der Waals surface area contributed by atoms with E-state index in [1.165, 1.54) is 55.6 Å². The molecule has 0 radical (unpaired) electrons. The molecule has 35 heavy (non-hydrogen) atoms. The minimum Gasteiger partial charge on any atom is -0.324 e. The number of nitrogens with one attached hydrogen (secondary N) is 2. The van der Waals surface area contributed by atoms with E-state index in [9.17, 15) is 21.6 Å². The first-order valence-electron chi connectivity index (χ1n) is 9.96. The topological polar surface area (TPSA) is 138 Å². The van der Waals surface area contributed by atoms with Crippen molar-refractivity contribution < 1.29 is 21.6 Å². The van der Waals surface area contributed by atoms with Gasteiger partial charge in [0.25, 0.3) is 10.0 Å². The fraction of sp³-hybridized carbons (Fsp3) is 0.190. The molecule has 0 aliphatic heterocycles. The first kappa shape index (κ1) is 26.7. The third-order valence-corrected chi connectivity index (χ3v) is 7.81. The minimum atomic E-state index is -3.97. The lowest BCUT2D eigenvalue weighted by Crippen LogP contribution is -2.45. The lowest BCUT2D eigenvalue weighted by atomic mass is 10.2. The van der Waals surface area contributed by atoms with Crippen LogP contribution < -0.4 is 14.3 Å². The van der Waals surface area contributed by atoms with E-state index in [0.29, 0.717) is 5.69 Å². The average molecular weight is 558 g/mol. The van der Waals surface area contributed by atoms with E-state index in [1.807, 2.05) is 0 Å². The van der Waals surface area contributed by atoms with E-state index in [1.54, 1.807) is 13.0 Å². The Hall–Kier alpha value is -2.93. The number of benzene rings is 2. The summed E-state index contributed by atoms with van der Waals surface area (Å²) in [5, 5.41) is 2.91. The Bertz CT molecular complexity index is 1470. The fourth-order valence-electron chi connectivity index (χ4n) is 3.08. The van der Waals surface area contributed by atoms with Gasteiger partial charge in [0.05, 0.1) is 21.9 Å². The molecule has 0 saturated heterocycles. The summed E-state index contributed by atoms with van der Waals surface area (Å²) in [5.41, 5.74) is 0.889. The Morgan fingerprint density at radius 2 is 1.69 bits per heavy atom. The summed E-state index contributed by atoms with van der Waals surface area (Å²) < 4.78 is 53.3. The Morgan fingerprint density at radius 1 is 1.03 bits per heavy atom. The van der Waals surface area contributed by atoms with Gasteiger partial charge in [-0.3, -0.25) is 9.10 Å². The van der Waals surface area contributed by atoms with E-state index in [2.05, 4.69) is 20.0 Å². The highest BCUT2D eigenvalue weighted by Gasteiger charge is 2.31. The highest BCUT2D eigenvalue weighted by atomic mass is 35.5. The van der Waals surface area contributed by atoms with Crippen molar-refractivity contribution in [2.24, 2.45) is 0 Å². The molecule has 1 atom stereocenters. The van der Waals surface area contributed by atoms with Gasteiger partial charge in [-0.05, 0) is 62.4 Å². The number of rotatable bonds is 8. The zero-order valence-electron chi connectivity index (χ0n) is 18.7. The van der Waals surface area contributed by atoms with Crippen LogP contribution in [-0.4, -0.2) is 45.0 Å². The Kier molecular flexibility index (Phi) is 7.90. The van der Waals surface area contributed by atoms with Crippen LogP contribution in [-0.2, 0) is 24.8 Å². The molecule has 3 rings (SSSR count). The van der Waals surface area contributed by atoms with Gasteiger partial charge in [0, 0.05) is 22.6 Å². The molecule has 0 aliphatic carbocycles. The predicted octanol–water partition coefficient (Wildman–Crippen LogP) is 3.69. The zero-order valence-corrected chi connectivity index (χ0v) is 21.9. The second-order valence-electron chi connectivity index (χ2n) is 7.47. The van der Waals surface area contributed by atoms with Gasteiger partial charge in [0.2, 0.25) is 21.9 Å². The van der Waals surface area contributed by atoms with Crippen molar-refractivity contribution in [3.63, 3.8) is 0 Å². The molecule has 0 bridgehead atoms. The normalized spacial score (nSPS) is 12.6. The van der Waals surface area contributed by atoms with Gasteiger partial charge in [-0.25, -0.2) is 31.5 Å². The number of carbonyl (C=O) groups is 1. The SMILES string of the molecule is Cc1ccnc(NS(=O)(=O)c2ccc(NC(=O)[C@H](C)N(c3cc(Cl)ccc3Cl)S(C)(=O)=O)cc2)n1. The molecule has 186 valence electrons. The maximum Gasteiger partial charge on any atom is 0.264 e. The first-order chi connectivity index (χ1) is 16.3. The zero-order chi connectivity index (χ0) is 26.0. The van der Waals surface area contributed by atoms with Crippen LogP contribution in [0, 0.1) is 6.92 Å². The summed E-state index contributed by atoms with van der Waals surface area (Å²) in [7, 11) is -7.89. The number of aromatic nitrogens is 2. The van der Waals surface area contributed by atoms with Crippen molar-refractivity contribution in [3.05, 3.63) is 70.5 Å². The lowest BCUT2D eigenvalue weighted by molar-refractivity contribution is -0.116. The molecule has 2 aromatic carbocycles. The number of nitrogens with zero attached hydrogens (tertiary/aromatic N) is 3. The second-order valence-corrected chi connectivity index (χ2v) is 11.9. The van der Waals surface area contributed by atoms with Crippen molar-refractivity contribution in [1.82, 2.24) is 9.97 Å². The van der Waals surface area contributed by atoms with Crippen molar-refractivity contribution in [1.29, 1.82) is 0 Å². The number of halogens is 2.